The molecule has 3 heterocycles. The molecule has 1 saturated heterocycles. The van der Waals surface area contributed by atoms with Gasteiger partial charge in [0.05, 0.1) is 22.6 Å². The van der Waals surface area contributed by atoms with Gasteiger partial charge >= 0.3 is 0 Å². The van der Waals surface area contributed by atoms with Gasteiger partial charge in [-0.2, -0.15) is 5.26 Å². The Kier molecular flexibility index (Phi) is 5.33. The number of imide groups is 1. The first-order valence-corrected chi connectivity index (χ1v) is 11.7. The Morgan fingerprint density at radius 2 is 1.94 bits per heavy atom. The second-order valence-corrected chi connectivity index (χ2v) is 10.0. The van der Waals surface area contributed by atoms with E-state index in [2.05, 4.69) is 0 Å². The Balaban J connectivity index is 1.75. The second-order valence-electron chi connectivity index (χ2n) is 7.39. The van der Waals surface area contributed by atoms with E-state index >= 15 is 0 Å². The van der Waals surface area contributed by atoms with E-state index in [9.17, 15) is 23.3 Å². The first-order chi connectivity index (χ1) is 14.7. The SMILES string of the molecule is CC1=C(C#N)C(=O)N([C@@H]2CCS(=O)(=O)C2)C(=O)/C1=C\c1ccc(-c2ccccc2Cl)o1. The maximum absolute atomic E-state index is 13.2. The number of benzene rings is 1. The minimum Gasteiger partial charge on any atom is -0.457 e. The van der Waals surface area contributed by atoms with E-state index in [1.54, 1.807) is 30.3 Å². The highest BCUT2D eigenvalue weighted by Crippen LogP contribution is 2.33. The normalized spacial score (nSPS) is 22.3. The molecule has 1 aromatic carbocycles. The Labute approximate surface area is 184 Å². The fourth-order valence-electron chi connectivity index (χ4n) is 3.79. The van der Waals surface area contributed by atoms with Gasteiger partial charge in [-0.15, -0.1) is 0 Å². The smallest absolute Gasteiger partial charge is 0.271 e. The Bertz CT molecular complexity index is 1310. The number of furan rings is 1. The van der Waals surface area contributed by atoms with Gasteiger partial charge in [-0.3, -0.25) is 14.5 Å². The van der Waals surface area contributed by atoms with E-state index in [1.807, 2.05) is 12.1 Å². The van der Waals surface area contributed by atoms with Crippen LogP contribution in [0.25, 0.3) is 17.4 Å². The monoisotopic (exact) mass is 456 g/mol. The number of amides is 2. The molecule has 0 N–H and O–H groups in total. The maximum atomic E-state index is 13.2. The molecule has 4 rings (SSSR count). The average molecular weight is 457 g/mol. The molecule has 1 atom stereocenters. The summed E-state index contributed by atoms with van der Waals surface area (Å²) in [5.41, 5.74) is 0.834. The molecule has 0 saturated carbocycles. The van der Waals surface area contributed by atoms with E-state index in [-0.39, 0.29) is 34.6 Å². The molecule has 31 heavy (non-hydrogen) atoms. The number of sulfone groups is 1. The van der Waals surface area contributed by atoms with Crippen LogP contribution < -0.4 is 0 Å². The number of rotatable bonds is 3. The lowest BCUT2D eigenvalue weighted by molar-refractivity contribution is -0.142. The van der Waals surface area contributed by atoms with Crippen LogP contribution in [0.15, 0.2) is 57.5 Å². The van der Waals surface area contributed by atoms with E-state index in [0.29, 0.717) is 22.1 Å². The molecule has 2 aromatic rings. The summed E-state index contributed by atoms with van der Waals surface area (Å²) in [4.78, 5) is 26.8. The summed E-state index contributed by atoms with van der Waals surface area (Å²) in [5, 5.41) is 10.0. The van der Waals surface area contributed by atoms with Gasteiger partial charge in [0.25, 0.3) is 11.8 Å². The van der Waals surface area contributed by atoms with Gasteiger partial charge in [-0.25, -0.2) is 8.42 Å². The fraction of sp³-hybridized carbons (Fsp3) is 0.227. The summed E-state index contributed by atoms with van der Waals surface area (Å²) in [6.45, 7) is 1.51. The zero-order chi connectivity index (χ0) is 22.3. The zero-order valence-electron chi connectivity index (χ0n) is 16.5. The molecular formula is C22H17ClN2O5S. The third-order valence-electron chi connectivity index (χ3n) is 5.40. The molecule has 1 fully saturated rings. The van der Waals surface area contributed by atoms with Crippen molar-refractivity contribution in [3.8, 4) is 17.4 Å². The number of nitrogens with zero attached hydrogens (tertiary/aromatic N) is 2. The quantitative estimate of drug-likeness (QED) is 0.517. The molecule has 9 heteroatoms. The Morgan fingerprint density at radius 3 is 2.58 bits per heavy atom. The molecule has 0 radical (unpaired) electrons. The van der Waals surface area contributed by atoms with Gasteiger partial charge in [0.1, 0.15) is 23.2 Å². The van der Waals surface area contributed by atoms with Crippen molar-refractivity contribution in [3.63, 3.8) is 0 Å². The predicted octanol–water partition coefficient (Wildman–Crippen LogP) is 3.38. The van der Waals surface area contributed by atoms with Crippen LogP contribution in [-0.4, -0.2) is 42.7 Å². The first-order valence-electron chi connectivity index (χ1n) is 9.48. The lowest BCUT2D eigenvalue weighted by Crippen LogP contribution is -2.49. The molecule has 2 aliphatic heterocycles. The zero-order valence-corrected chi connectivity index (χ0v) is 18.0. The van der Waals surface area contributed by atoms with Crippen molar-refractivity contribution in [2.75, 3.05) is 11.5 Å². The van der Waals surface area contributed by atoms with Crippen molar-refractivity contribution >= 4 is 39.3 Å². The number of nitriles is 1. The Hall–Kier alpha value is -3.15. The number of halogens is 1. The molecule has 0 bridgehead atoms. The van der Waals surface area contributed by atoms with E-state index in [1.165, 1.54) is 13.0 Å². The molecule has 0 unspecified atom stereocenters. The largest absolute Gasteiger partial charge is 0.457 e. The van der Waals surface area contributed by atoms with Gasteiger partial charge in [-0.05, 0) is 49.3 Å². The van der Waals surface area contributed by atoms with Crippen molar-refractivity contribution in [1.29, 1.82) is 5.26 Å². The number of hydrogen-bond acceptors (Lipinski definition) is 6. The molecule has 0 spiro atoms. The van der Waals surface area contributed by atoms with Gasteiger partial charge in [0.15, 0.2) is 9.84 Å². The van der Waals surface area contributed by atoms with Crippen LogP contribution in [0.4, 0.5) is 0 Å². The summed E-state index contributed by atoms with van der Waals surface area (Å²) >= 11 is 6.21. The number of hydrogen-bond donors (Lipinski definition) is 0. The van der Waals surface area contributed by atoms with Crippen molar-refractivity contribution in [2.24, 2.45) is 0 Å². The summed E-state index contributed by atoms with van der Waals surface area (Å²) in [5.74, 6) is -0.967. The average Bonchev–Trinajstić information content (AvgIpc) is 3.32. The number of carbonyl (C=O) groups is 2. The van der Waals surface area contributed by atoms with Crippen LogP contribution in [0.3, 0.4) is 0 Å². The highest BCUT2D eigenvalue weighted by Gasteiger charge is 2.43. The van der Waals surface area contributed by atoms with E-state index in [4.69, 9.17) is 16.0 Å². The van der Waals surface area contributed by atoms with Crippen LogP contribution in [0.5, 0.6) is 0 Å². The van der Waals surface area contributed by atoms with Crippen LogP contribution in [0, 0.1) is 11.3 Å². The molecule has 0 aliphatic carbocycles. The fourth-order valence-corrected chi connectivity index (χ4v) is 5.72. The van der Waals surface area contributed by atoms with Crippen molar-refractivity contribution in [1.82, 2.24) is 4.90 Å². The van der Waals surface area contributed by atoms with Crippen molar-refractivity contribution in [3.05, 3.63) is 63.9 Å². The lowest BCUT2D eigenvalue weighted by Gasteiger charge is -2.31. The van der Waals surface area contributed by atoms with Gasteiger partial charge in [-0.1, -0.05) is 23.7 Å². The van der Waals surface area contributed by atoms with Crippen LogP contribution >= 0.6 is 11.6 Å². The van der Waals surface area contributed by atoms with Crippen molar-refractivity contribution < 1.29 is 22.4 Å². The van der Waals surface area contributed by atoms with Crippen LogP contribution in [-0.2, 0) is 19.4 Å². The van der Waals surface area contributed by atoms with Gasteiger partial charge in [0.2, 0.25) is 0 Å². The minimum absolute atomic E-state index is 0.0995. The minimum atomic E-state index is -3.33. The molecule has 158 valence electrons. The van der Waals surface area contributed by atoms with Crippen LogP contribution in [0.1, 0.15) is 19.1 Å². The molecular weight excluding hydrogens is 440 g/mol. The summed E-state index contributed by atoms with van der Waals surface area (Å²) in [7, 11) is -3.33. The topological polar surface area (TPSA) is 108 Å². The summed E-state index contributed by atoms with van der Waals surface area (Å²) in [6, 6.07) is 11.6. The lowest BCUT2D eigenvalue weighted by atomic mass is 9.93. The predicted molar refractivity (Wildman–Crippen MR) is 114 cm³/mol. The molecule has 2 amide bonds. The first kappa shape index (κ1) is 21.1. The van der Waals surface area contributed by atoms with Crippen LogP contribution in [0.2, 0.25) is 5.02 Å². The molecule has 7 nitrogen and oxygen atoms in total. The van der Waals surface area contributed by atoms with E-state index < -0.39 is 27.7 Å². The van der Waals surface area contributed by atoms with Crippen molar-refractivity contribution in [2.45, 2.75) is 19.4 Å². The standard InChI is InChI=1S/C22H17ClN2O5S/c1-13-17(10-15-6-7-20(30-15)16-4-2-3-5-19(16)23)21(26)25(22(27)18(13)11-24)14-8-9-31(28,29)12-14/h2-7,10,14H,8-9,12H2,1H3/b17-10-/t14-/m1/s1. The molecule has 1 aromatic heterocycles. The van der Waals surface area contributed by atoms with Gasteiger partial charge < -0.3 is 4.42 Å². The highest BCUT2D eigenvalue weighted by atomic mass is 35.5. The third kappa shape index (κ3) is 3.82. The summed E-state index contributed by atoms with van der Waals surface area (Å²) in [6.07, 6.45) is 1.61. The van der Waals surface area contributed by atoms with Gasteiger partial charge in [0, 0.05) is 11.1 Å². The summed E-state index contributed by atoms with van der Waals surface area (Å²) < 4.78 is 29.6. The Morgan fingerprint density at radius 1 is 1.19 bits per heavy atom. The number of carbonyl (C=O) groups excluding carboxylic acids is 2. The molecule has 2 aliphatic rings. The van der Waals surface area contributed by atoms with E-state index in [0.717, 1.165) is 4.90 Å². The third-order valence-corrected chi connectivity index (χ3v) is 7.48. The second kappa shape index (κ2) is 7.84. The maximum Gasteiger partial charge on any atom is 0.271 e. The highest BCUT2D eigenvalue weighted by molar-refractivity contribution is 7.91.